The van der Waals surface area contributed by atoms with Crippen molar-refractivity contribution in [3.63, 3.8) is 0 Å². The van der Waals surface area contributed by atoms with Gasteiger partial charge in [-0.3, -0.25) is 0 Å². The van der Waals surface area contributed by atoms with Crippen LogP contribution in [0.25, 0.3) is 0 Å². The normalized spacial score (nSPS) is 10.5. The predicted octanol–water partition coefficient (Wildman–Crippen LogP) is 4.95. The summed E-state index contributed by atoms with van der Waals surface area (Å²) in [4.78, 5) is 0. The van der Waals surface area contributed by atoms with Crippen molar-refractivity contribution in [3.05, 3.63) is 76.3 Å². The highest BCUT2D eigenvalue weighted by Gasteiger charge is 2.15. The Bertz CT molecular complexity index is 845. The molecule has 4 nitrogen and oxygen atoms in total. The zero-order valence-electron chi connectivity index (χ0n) is 12.6. The average molecular weight is 387 g/mol. The number of benzene rings is 3. The van der Waals surface area contributed by atoms with Crippen molar-refractivity contribution in [1.82, 2.24) is 0 Å². The van der Waals surface area contributed by atoms with Gasteiger partial charge in [0.15, 0.2) is 11.5 Å². The van der Waals surface area contributed by atoms with Crippen LogP contribution in [0.4, 0.5) is 0 Å². The lowest BCUT2D eigenvalue weighted by atomic mass is 10.0. The molecule has 3 rings (SSSR count). The fourth-order valence-electron chi connectivity index (χ4n) is 2.32. The number of hydrogen-bond donors (Lipinski definition) is 3. The summed E-state index contributed by atoms with van der Waals surface area (Å²) in [5, 5.41) is 29.2. The van der Waals surface area contributed by atoms with Crippen molar-refractivity contribution in [1.29, 1.82) is 0 Å². The van der Waals surface area contributed by atoms with Crippen LogP contribution in [0.2, 0.25) is 0 Å². The van der Waals surface area contributed by atoms with E-state index in [0.717, 1.165) is 11.3 Å². The number of hydrogen-bond acceptors (Lipinski definition) is 4. The fourth-order valence-corrected chi connectivity index (χ4v) is 2.79. The smallest absolute Gasteiger partial charge is 0.201 e. The van der Waals surface area contributed by atoms with Crippen LogP contribution < -0.4 is 4.74 Å². The summed E-state index contributed by atoms with van der Waals surface area (Å²) in [6, 6.07) is 18.5. The van der Waals surface area contributed by atoms with E-state index in [-0.39, 0.29) is 11.5 Å². The Morgan fingerprint density at radius 3 is 2.04 bits per heavy atom. The second-order valence-corrected chi connectivity index (χ2v) is 6.15. The minimum Gasteiger partial charge on any atom is -0.504 e. The third-order valence-corrected chi connectivity index (χ3v) is 4.18. The molecular weight excluding hydrogens is 372 g/mol. The Hall–Kier alpha value is -2.66. The Kier molecular flexibility index (Phi) is 4.62. The monoisotopic (exact) mass is 386 g/mol. The molecule has 0 radical (unpaired) electrons. The van der Waals surface area contributed by atoms with E-state index in [1.54, 1.807) is 6.07 Å². The molecule has 0 fully saturated rings. The molecule has 0 aromatic heterocycles. The molecule has 0 amide bonds. The van der Waals surface area contributed by atoms with Crippen LogP contribution in [0.1, 0.15) is 11.1 Å². The van der Waals surface area contributed by atoms with E-state index >= 15 is 0 Å². The highest BCUT2D eigenvalue weighted by molar-refractivity contribution is 9.10. The number of para-hydroxylation sites is 1. The summed E-state index contributed by atoms with van der Waals surface area (Å²) in [7, 11) is 0. The molecule has 0 bridgehead atoms. The number of ether oxygens (including phenoxy) is 1. The minimum absolute atomic E-state index is 0.319. The van der Waals surface area contributed by atoms with E-state index in [1.165, 1.54) is 0 Å². The van der Waals surface area contributed by atoms with Gasteiger partial charge in [0.25, 0.3) is 0 Å². The summed E-state index contributed by atoms with van der Waals surface area (Å²) >= 11 is 3.15. The molecule has 5 heteroatoms. The summed E-state index contributed by atoms with van der Waals surface area (Å²) < 4.78 is 6.06. The number of rotatable bonds is 4. The molecule has 3 aromatic carbocycles. The summed E-state index contributed by atoms with van der Waals surface area (Å²) in [5.74, 6) is 0.255. The van der Waals surface area contributed by atoms with E-state index < -0.39 is 5.75 Å². The van der Waals surface area contributed by atoms with Crippen LogP contribution >= 0.6 is 15.9 Å². The second kappa shape index (κ2) is 6.84. The molecule has 0 heterocycles. The topological polar surface area (TPSA) is 69.9 Å². The van der Waals surface area contributed by atoms with Crippen LogP contribution in [-0.4, -0.2) is 15.3 Å². The van der Waals surface area contributed by atoms with Crippen LogP contribution in [0.5, 0.6) is 28.7 Å². The molecule has 0 aliphatic carbocycles. The van der Waals surface area contributed by atoms with Gasteiger partial charge in [-0.2, -0.15) is 0 Å². The van der Waals surface area contributed by atoms with Crippen LogP contribution in [-0.2, 0) is 6.42 Å². The van der Waals surface area contributed by atoms with Gasteiger partial charge < -0.3 is 20.1 Å². The Balaban J connectivity index is 1.78. The first-order chi connectivity index (χ1) is 11.5. The Morgan fingerprint density at radius 2 is 1.38 bits per heavy atom. The first kappa shape index (κ1) is 16.2. The van der Waals surface area contributed by atoms with Crippen LogP contribution in [0, 0.1) is 0 Å². The van der Waals surface area contributed by atoms with Crippen molar-refractivity contribution in [2.24, 2.45) is 0 Å². The molecule has 3 N–H and O–H groups in total. The maximum Gasteiger partial charge on any atom is 0.201 e. The van der Waals surface area contributed by atoms with Crippen LogP contribution in [0.3, 0.4) is 0 Å². The molecule has 3 aromatic rings. The summed E-state index contributed by atoms with van der Waals surface area (Å²) in [5.41, 5.74) is 1.44. The lowest BCUT2D eigenvalue weighted by Gasteiger charge is -2.10. The van der Waals surface area contributed by atoms with Crippen molar-refractivity contribution < 1.29 is 20.1 Å². The standard InChI is InChI=1S/C19H15BrO4/c20-16-11-13(17(21)19(23)18(16)22)10-12-6-8-15(9-7-12)24-14-4-2-1-3-5-14/h1-9,11,21-23H,10H2. The molecule has 0 aliphatic rings. The molecule has 0 saturated carbocycles. The second-order valence-electron chi connectivity index (χ2n) is 5.30. The van der Waals surface area contributed by atoms with E-state index in [4.69, 9.17) is 4.74 Å². The highest BCUT2D eigenvalue weighted by Crippen LogP contribution is 2.43. The fraction of sp³-hybridized carbons (Fsp3) is 0.0526. The van der Waals surface area contributed by atoms with Gasteiger partial charge >= 0.3 is 0 Å². The lowest BCUT2D eigenvalue weighted by molar-refractivity contribution is 0.364. The highest BCUT2D eigenvalue weighted by atomic mass is 79.9. The molecule has 0 saturated heterocycles. The van der Waals surface area contributed by atoms with Gasteiger partial charge in [-0.1, -0.05) is 30.3 Å². The van der Waals surface area contributed by atoms with E-state index in [9.17, 15) is 15.3 Å². The van der Waals surface area contributed by atoms with Crippen LogP contribution in [0.15, 0.2) is 65.1 Å². The lowest BCUT2D eigenvalue weighted by Crippen LogP contribution is -1.91. The maximum absolute atomic E-state index is 9.96. The zero-order chi connectivity index (χ0) is 17.1. The summed E-state index contributed by atoms with van der Waals surface area (Å²) in [6.45, 7) is 0. The average Bonchev–Trinajstić information content (AvgIpc) is 2.60. The molecule has 24 heavy (non-hydrogen) atoms. The summed E-state index contributed by atoms with van der Waals surface area (Å²) in [6.07, 6.45) is 0.407. The SMILES string of the molecule is Oc1c(Br)cc(Cc2ccc(Oc3ccccc3)cc2)c(O)c1O. The van der Waals surface area contributed by atoms with Gasteiger partial charge in [0, 0.05) is 12.0 Å². The molecule has 0 atom stereocenters. The number of phenols is 3. The van der Waals surface area contributed by atoms with Crippen molar-refractivity contribution in [2.45, 2.75) is 6.42 Å². The molecule has 0 aliphatic heterocycles. The van der Waals surface area contributed by atoms with Gasteiger partial charge in [-0.15, -0.1) is 0 Å². The van der Waals surface area contributed by atoms with Crippen molar-refractivity contribution in [3.8, 4) is 28.7 Å². The largest absolute Gasteiger partial charge is 0.504 e. The quantitative estimate of drug-likeness (QED) is 0.554. The molecule has 122 valence electrons. The van der Waals surface area contributed by atoms with Gasteiger partial charge in [0.05, 0.1) is 4.47 Å². The third kappa shape index (κ3) is 3.46. The minimum atomic E-state index is -0.525. The third-order valence-electron chi connectivity index (χ3n) is 3.58. The number of halogens is 1. The van der Waals surface area contributed by atoms with E-state index in [0.29, 0.717) is 22.2 Å². The Labute approximate surface area is 147 Å². The maximum atomic E-state index is 9.96. The first-order valence-electron chi connectivity index (χ1n) is 7.28. The Morgan fingerprint density at radius 1 is 0.750 bits per heavy atom. The van der Waals surface area contributed by atoms with E-state index in [2.05, 4.69) is 15.9 Å². The van der Waals surface area contributed by atoms with Gasteiger partial charge in [0.1, 0.15) is 11.5 Å². The van der Waals surface area contributed by atoms with Crippen molar-refractivity contribution in [2.75, 3.05) is 0 Å². The molecular formula is C19H15BrO4. The van der Waals surface area contributed by atoms with Gasteiger partial charge in [0.2, 0.25) is 5.75 Å². The number of phenolic OH excluding ortho intramolecular Hbond substituents is 3. The molecule has 0 spiro atoms. The van der Waals surface area contributed by atoms with E-state index in [1.807, 2.05) is 54.6 Å². The van der Waals surface area contributed by atoms with Gasteiger partial charge in [-0.05, 0) is 51.8 Å². The molecule has 0 unspecified atom stereocenters. The number of aromatic hydroxyl groups is 3. The zero-order valence-corrected chi connectivity index (χ0v) is 14.2. The van der Waals surface area contributed by atoms with Crippen molar-refractivity contribution >= 4 is 15.9 Å². The first-order valence-corrected chi connectivity index (χ1v) is 8.08. The van der Waals surface area contributed by atoms with Gasteiger partial charge in [-0.25, -0.2) is 0 Å². The predicted molar refractivity (Wildman–Crippen MR) is 94.9 cm³/mol.